The normalized spacial score (nSPS) is 28.7. The fourth-order valence-electron chi connectivity index (χ4n) is 7.45. The van der Waals surface area contributed by atoms with Crippen LogP contribution in [0.15, 0.2) is 84.9 Å². The van der Waals surface area contributed by atoms with Gasteiger partial charge in [0.2, 0.25) is 0 Å². The first-order valence-electron chi connectivity index (χ1n) is 15.4. The van der Waals surface area contributed by atoms with Crippen LogP contribution in [0.4, 0.5) is 0 Å². The summed E-state index contributed by atoms with van der Waals surface area (Å²) in [5, 5.41) is 25.1. The third-order valence-electron chi connectivity index (χ3n) is 10.0. The van der Waals surface area contributed by atoms with Gasteiger partial charge >= 0.3 is 0 Å². The van der Waals surface area contributed by atoms with Crippen molar-refractivity contribution in [3.05, 3.63) is 96.1 Å². The van der Waals surface area contributed by atoms with Gasteiger partial charge < -0.3 is 5.11 Å². The average Bonchev–Trinajstić information content (AvgIpc) is 3.05. The first kappa shape index (κ1) is 28.0. The number of hydroxylamine groups is 3. The van der Waals surface area contributed by atoms with E-state index in [4.69, 9.17) is 0 Å². The van der Waals surface area contributed by atoms with E-state index >= 15 is 0 Å². The van der Waals surface area contributed by atoms with Gasteiger partial charge in [-0.25, -0.2) is 5.21 Å². The van der Waals surface area contributed by atoms with E-state index in [0.717, 1.165) is 79.2 Å². The van der Waals surface area contributed by atoms with Gasteiger partial charge in [-0.15, -0.1) is 0 Å². The third-order valence-corrected chi connectivity index (χ3v) is 10.0. The van der Waals surface area contributed by atoms with Crippen molar-refractivity contribution in [3.8, 4) is 0 Å². The molecule has 0 aliphatic carbocycles. The lowest BCUT2D eigenvalue weighted by Crippen LogP contribution is -2.55. The van der Waals surface area contributed by atoms with E-state index in [2.05, 4.69) is 47.4 Å². The molecule has 10 rings (SSSR count). The molecule has 4 bridgehead atoms. The molecule has 0 aromatic heterocycles. The van der Waals surface area contributed by atoms with E-state index < -0.39 is 0 Å². The first-order chi connectivity index (χ1) is 20.0. The highest BCUT2D eigenvalue weighted by Crippen LogP contribution is 2.39. The average molecular weight is 552 g/mol. The number of carbonyl (C=O) groups excluding carboxylic acids is 1. The largest absolute Gasteiger partial charge is 0.387 e. The lowest BCUT2D eigenvalue weighted by molar-refractivity contribution is -1.11. The summed E-state index contributed by atoms with van der Waals surface area (Å²) < 4.78 is 0.385. The van der Waals surface area contributed by atoms with Crippen LogP contribution in [0.2, 0.25) is 0 Å². The summed E-state index contributed by atoms with van der Waals surface area (Å²) in [6, 6.07) is 28.6. The molecular weight excluding hydrogens is 508 g/mol. The highest BCUT2D eigenvalue weighted by molar-refractivity contribution is 5.97. The number of aldehydes is 1. The Bertz CT molecular complexity index is 1450. The van der Waals surface area contributed by atoms with Gasteiger partial charge in [0.15, 0.2) is 6.29 Å². The highest BCUT2D eigenvalue weighted by Gasteiger charge is 2.39. The van der Waals surface area contributed by atoms with E-state index in [1.54, 1.807) is 0 Å². The minimum absolute atomic E-state index is 0.313. The van der Waals surface area contributed by atoms with Crippen LogP contribution in [0.25, 0.3) is 21.5 Å². The maximum atomic E-state index is 10.9. The van der Waals surface area contributed by atoms with Crippen molar-refractivity contribution in [1.29, 1.82) is 0 Å². The van der Waals surface area contributed by atoms with E-state index in [9.17, 15) is 15.1 Å². The smallest absolute Gasteiger partial charge is 0.150 e. The number of carbonyl (C=O) groups is 1. The number of hydrogen-bond acceptors (Lipinski definition) is 4. The van der Waals surface area contributed by atoms with Crippen LogP contribution in [-0.4, -0.2) is 64.9 Å². The van der Waals surface area contributed by atoms with Gasteiger partial charge in [-0.2, -0.15) is 4.65 Å². The van der Waals surface area contributed by atoms with Crippen LogP contribution in [0.1, 0.15) is 60.6 Å². The van der Waals surface area contributed by atoms with Gasteiger partial charge in [-0.1, -0.05) is 84.9 Å². The van der Waals surface area contributed by atoms with E-state index in [1.165, 1.54) is 42.9 Å². The zero-order valence-corrected chi connectivity index (χ0v) is 23.9. The second kappa shape index (κ2) is 12.4. The van der Waals surface area contributed by atoms with Crippen molar-refractivity contribution >= 4 is 27.8 Å². The molecule has 5 heteroatoms. The van der Waals surface area contributed by atoms with Crippen LogP contribution < -0.4 is 0 Å². The topological polar surface area (TPSA) is 60.8 Å². The number of rotatable bonds is 3. The molecule has 0 amide bonds. The second-order valence-electron chi connectivity index (χ2n) is 12.5. The van der Waals surface area contributed by atoms with Crippen LogP contribution in [0.5, 0.6) is 0 Å². The van der Waals surface area contributed by atoms with Crippen molar-refractivity contribution in [2.45, 2.75) is 50.7 Å². The molecular formula is C36H43N2O3+. The molecule has 6 fully saturated rings. The van der Waals surface area contributed by atoms with Gasteiger partial charge in [-0.3, -0.25) is 9.69 Å². The molecule has 6 heterocycles. The predicted octanol–water partition coefficient (Wildman–Crippen LogP) is 7.02. The van der Waals surface area contributed by atoms with Crippen LogP contribution in [-0.2, 0) is 0 Å². The van der Waals surface area contributed by atoms with E-state index in [0.29, 0.717) is 10.7 Å². The maximum Gasteiger partial charge on any atom is 0.150 e. The summed E-state index contributed by atoms with van der Waals surface area (Å²) in [5.41, 5.74) is 1.86. The number of hydrogen-bond donors (Lipinski definition) is 2. The quantitative estimate of drug-likeness (QED) is 0.212. The molecule has 6 saturated heterocycles. The molecule has 0 spiro atoms. The summed E-state index contributed by atoms with van der Waals surface area (Å²) in [6.45, 7) is 5.38. The number of piperidine rings is 6. The maximum absolute atomic E-state index is 10.9. The SMILES string of the molecule is O=Cc1cccc2ccccc12.O[C@@H](c1cccc2ccccc12)[C@H]1CC2CCN1CC2.O[N+]12CCC(CC1)CC2. The number of nitrogens with zero attached hydrogens (tertiary/aromatic N) is 2. The molecule has 0 saturated carbocycles. The van der Waals surface area contributed by atoms with Crippen LogP contribution in [0, 0.1) is 11.8 Å². The van der Waals surface area contributed by atoms with Gasteiger partial charge in [0, 0.05) is 30.9 Å². The number of quaternary nitrogens is 1. The minimum Gasteiger partial charge on any atom is -0.387 e. The summed E-state index contributed by atoms with van der Waals surface area (Å²) in [5.74, 6) is 1.78. The Morgan fingerprint density at radius 2 is 1.27 bits per heavy atom. The predicted molar refractivity (Wildman–Crippen MR) is 165 cm³/mol. The standard InChI is InChI=1S/C18H21NO.C11H8O.C7H14NO/c20-18(17-12-13-8-10-19(17)11-9-13)16-7-3-5-14-4-1-2-6-15(14)16;12-8-10-6-3-5-9-4-1-2-7-11(9)10;9-8-4-1-7(2-5-8)3-6-8/h1-7,13,17-18,20H,8-12H2;1-8H;7,9H,1-6H2/q;;+1/t17-,18+;;/m1../s1. The molecule has 2 N–H and O–H groups in total. The number of benzene rings is 4. The summed E-state index contributed by atoms with van der Waals surface area (Å²) in [6.07, 6.45) is 8.11. The fourth-order valence-corrected chi connectivity index (χ4v) is 7.45. The Labute approximate surface area is 243 Å². The molecule has 4 aromatic rings. The fraction of sp³-hybridized carbons (Fsp3) is 0.417. The van der Waals surface area contributed by atoms with Crippen molar-refractivity contribution < 1.29 is 19.8 Å². The minimum atomic E-state index is -0.357. The van der Waals surface area contributed by atoms with Crippen LogP contribution in [0.3, 0.4) is 0 Å². The van der Waals surface area contributed by atoms with Gasteiger partial charge in [0.25, 0.3) is 0 Å². The van der Waals surface area contributed by atoms with Crippen molar-refractivity contribution in [2.75, 3.05) is 32.7 Å². The van der Waals surface area contributed by atoms with Gasteiger partial charge in [0.05, 0.1) is 6.10 Å². The lowest BCUT2D eigenvalue weighted by atomic mass is 9.79. The summed E-state index contributed by atoms with van der Waals surface area (Å²) in [7, 11) is 0. The van der Waals surface area contributed by atoms with Gasteiger partial charge in [-0.05, 0) is 71.3 Å². The van der Waals surface area contributed by atoms with E-state index in [1.807, 2.05) is 42.5 Å². The molecule has 5 nitrogen and oxygen atoms in total. The zero-order chi connectivity index (χ0) is 28.2. The van der Waals surface area contributed by atoms with Crippen molar-refractivity contribution in [1.82, 2.24) is 4.90 Å². The molecule has 214 valence electrons. The molecule has 41 heavy (non-hydrogen) atoms. The Kier molecular flexibility index (Phi) is 8.50. The molecule has 6 aliphatic heterocycles. The number of aliphatic hydroxyl groups is 1. The first-order valence-corrected chi connectivity index (χ1v) is 15.4. The molecule has 6 aliphatic rings. The van der Waals surface area contributed by atoms with E-state index in [-0.39, 0.29) is 6.10 Å². The molecule has 0 radical (unpaired) electrons. The Morgan fingerprint density at radius 1 is 0.707 bits per heavy atom. The van der Waals surface area contributed by atoms with Crippen molar-refractivity contribution in [2.24, 2.45) is 11.8 Å². The lowest BCUT2D eigenvalue weighted by Gasteiger charge is -2.47. The third kappa shape index (κ3) is 6.24. The highest BCUT2D eigenvalue weighted by atomic mass is 16.5. The Hall–Kier alpha value is -3.09. The van der Waals surface area contributed by atoms with Crippen LogP contribution >= 0.6 is 0 Å². The summed E-state index contributed by atoms with van der Waals surface area (Å²) >= 11 is 0. The molecule has 4 aromatic carbocycles. The van der Waals surface area contributed by atoms with Crippen molar-refractivity contribution in [3.63, 3.8) is 0 Å². The number of fused-ring (bicyclic) bond motifs is 8. The number of aliphatic hydroxyl groups excluding tert-OH is 1. The zero-order valence-electron chi connectivity index (χ0n) is 23.9. The Balaban J connectivity index is 0.000000122. The monoisotopic (exact) mass is 551 g/mol. The Morgan fingerprint density at radius 3 is 1.83 bits per heavy atom. The second-order valence-corrected chi connectivity index (χ2v) is 12.5. The summed E-state index contributed by atoms with van der Waals surface area (Å²) in [4.78, 5) is 13.1. The van der Waals surface area contributed by atoms with Gasteiger partial charge in [0.1, 0.15) is 19.6 Å². The molecule has 2 atom stereocenters. The molecule has 0 unspecified atom stereocenters.